The molecule has 0 saturated carbocycles. The lowest BCUT2D eigenvalue weighted by Crippen LogP contribution is -2.25. The van der Waals surface area contributed by atoms with Gasteiger partial charge in [0.15, 0.2) is 0 Å². The van der Waals surface area contributed by atoms with Crippen molar-refractivity contribution in [1.29, 1.82) is 0 Å². The predicted octanol–water partition coefficient (Wildman–Crippen LogP) is 4.85. The van der Waals surface area contributed by atoms with Gasteiger partial charge < -0.3 is 10.1 Å². The first-order valence-electron chi connectivity index (χ1n) is 10.4. The molecule has 1 fully saturated rings. The summed E-state index contributed by atoms with van der Waals surface area (Å²) >= 11 is 3.52. The number of aromatic nitrogens is 2. The number of nitrogens with zero attached hydrogens (tertiary/aromatic N) is 3. The molecule has 2 aromatic carbocycles. The Morgan fingerprint density at radius 2 is 1.97 bits per heavy atom. The summed E-state index contributed by atoms with van der Waals surface area (Å²) in [7, 11) is 1.81. The van der Waals surface area contributed by atoms with Gasteiger partial charge in [-0.25, -0.2) is 8.78 Å². The number of amides is 1. The van der Waals surface area contributed by atoms with E-state index in [-0.39, 0.29) is 5.56 Å². The number of halogens is 3. The Labute approximate surface area is 193 Å². The number of nitrogens with one attached hydrogen (secondary N) is 1. The third kappa shape index (κ3) is 4.99. The smallest absolute Gasteiger partial charge is 0.258 e. The van der Waals surface area contributed by atoms with Crippen LogP contribution in [0.2, 0.25) is 0 Å². The Hall–Kier alpha value is -2.78. The molecule has 168 valence electrons. The van der Waals surface area contributed by atoms with Gasteiger partial charge in [-0.05, 0) is 72.2 Å². The number of carbonyl (C=O) groups is 1. The molecule has 0 aliphatic carbocycles. The molecule has 4 rings (SSSR count). The molecule has 0 atom stereocenters. The highest BCUT2D eigenvalue weighted by atomic mass is 79.9. The fourth-order valence-corrected chi connectivity index (χ4v) is 4.36. The number of hydrogen-bond acceptors (Lipinski definition) is 4. The zero-order valence-electron chi connectivity index (χ0n) is 17.6. The molecule has 0 unspecified atom stereocenters. The molecular weight excluding hydrogens is 482 g/mol. The Morgan fingerprint density at radius 1 is 1.19 bits per heavy atom. The summed E-state index contributed by atoms with van der Waals surface area (Å²) < 4.78 is 35.7. The Bertz CT molecular complexity index is 1110. The van der Waals surface area contributed by atoms with Crippen molar-refractivity contribution in [1.82, 2.24) is 14.7 Å². The standard InChI is InChI=1S/C23H23BrF2N4O2/c1-29-22(19(24)14-27-29)18-13-16(28-23(31)17-6-4-15(25)12-20(17)26)5-7-21(18)32-11-10-30-8-2-3-9-30/h4-7,12-14H,2-3,8-11H2,1H3,(H,28,31). The van der Waals surface area contributed by atoms with Crippen molar-refractivity contribution >= 4 is 27.5 Å². The SMILES string of the molecule is Cn1ncc(Br)c1-c1cc(NC(=O)c2ccc(F)cc2F)ccc1OCCN1CCCC1. The van der Waals surface area contributed by atoms with E-state index in [1.807, 2.05) is 7.05 Å². The summed E-state index contributed by atoms with van der Waals surface area (Å²) in [4.78, 5) is 14.9. The van der Waals surface area contributed by atoms with Gasteiger partial charge in [-0.15, -0.1) is 0 Å². The maximum atomic E-state index is 14.0. The summed E-state index contributed by atoms with van der Waals surface area (Å²) in [5.74, 6) is -1.67. The van der Waals surface area contributed by atoms with Gasteiger partial charge in [0, 0.05) is 30.9 Å². The molecule has 32 heavy (non-hydrogen) atoms. The first-order valence-corrected chi connectivity index (χ1v) is 11.1. The molecule has 1 N–H and O–H groups in total. The second-order valence-corrected chi connectivity index (χ2v) is 8.51. The fourth-order valence-electron chi connectivity index (χ4n) is 3.80. The van der Waals surface area contributed by atoms with E-state index in [9.17, 15) is 13.6 Å². The largest absolute Gasteiger partial charge is 0.492 e. The van der Waals surface area contributed by atoms with Crippen molar-refractivity contribution in [2.45, 2.75) is 12.8 Å². The van der Waals surface area contributed by atoms with Crippen molar-refractivity contribution in [3.05, 3.63) is 64.3 Å². The Balaban J connectivity index is 1.58. The molecule has 6 nitrogen and oxygen atoms in total. The Morgan fingerprint density at radius 3 is 2.66 bits per heavy atom. The summed E-state index contributed by atoms with van der Waals surface area (Å²) in [6.45, 7) is 3.56. The average molecular weight is 505 g/mol. The highest BCUT2D eigenvalue weighted by Crippen LogP contribution is 2.37. The van der Waals surface area contributed by atoms with Crippen LogP contribution in [-0.2, 0) is 7.05 Å². The zero-order valence-corrected chi connectivity index (χ0v) is 19.2. The van der Waals surface area contributed by atoms with Gasteiger partial charge in [-0.3, -0.25) is 14.4 Å². The molecular formula is C23H23BrF2N4O2. The number of anilines is 1. The molecule has 1 saturated heterocycles. The minimum atomic E-state index is -0.918. The lowest BCUT2D eigenvalue weighted by Gasteiger charge is -2.18. The number of benzene rings is 2. The molecule has 0 radical (unpaired) electrons. The maximum absolute atomic E-state index is 14.0. The number of likely N-dealkylation sites (tertiary alicyclic amines) is 1. The van der Waals surface area contributed by atoms with E-state index >= 15 is 0 Å². The molecule has 9 heteroatoms. The summed E-state index contributed by atoms with van der Waals surface area (Å²) in [5, 5.41) is 6.95. The first kappa shape index (κ1) is 22.4. The second-order valence-electron chi connectivity index (χ2n) is 7.65. The van der Waals surface area contributed by atoms with Crippen molar-refractivity contribution in [3.8, 4) is 17.0 Å². The minimum absolute atomic E-state index is 0.236. The molecule has 0 spiro atoms. The van der Waals surface area contributed by atoms with E-state index in [0.29, 0.717) is 24.1 Å². The van der Waals surface area contributed by atoms with Crippen LogP contribution in [0, 0.1) is 11.6 Å². The van der Waals surface area contributed by atoms with Crippen LogP contribution in [-0.4, -0.2) is 46.8 Å². The molecule has 3 aromatic rings. The van der Waals surface area contributed by atoms with E-state index in [4.69, 9.17) is 4.74 Å². The highest BCUT2D eigenvalue weighted by molar-refractivity contribution is 9.10. The van der Waals surface area contributed by atoms with Crippen LogP contribution in [0.1, 0.15) is 23.2 Å². The minimum Gasteiger partial charge on any atom is -0.492 e. The molecule has 1 aliphatic rings. The van der Waals surface area contributed by atoms with Gasteiger partial charge in [-0.1, -0.05) is 0 Å². The van der Waals surface area contributed by atoms with Gasteiger partial charge >= 0.3 is 0 Å². The van der Waals surface area contributed by atoms with E-state index in [1.54, 1.807) is 29.1 Å². The lowest BCUT2D eigenvalue weighted by atomic mass is 10.1. The van der Waals surface area contributed by atoms with E-state index in [1.165, 1.54) is 12.8 Å². The first-order chi connectivity index (χ1) is 15.4. The fraction of sp³-hybridized carbons (Fsp3) is 0.304. The highest BCUT2D eigenvalue weighted by Gasteiger charge is 2.18. The van der Waals surface area contributed by atoms with Crippen molar-refractivity contribution in [2.24, 2.45) is 7.05 Å². The zero-order chi connectivity index (χ0) is 22.7. The van der Waals surface area contributed by atoms with Crippen LogP contribution in [0.3, 0.4) is 0 Å². The number of ether oxygens (including phenoxy) is 1. The van der Waals surface area contributed by atoms with Crippen molar-refractivity contribution < 1.29 is 18.3 Å². The summed E-state index contributed by atoms with van der Waals surface area (Å²) in [6.07, 6.45) is 4.12. The van der Waals surface area contributed by atoms with Gasteiger partial charge in [0.05, 0.1) is 21.9 Å². The van der Waals surface area contributed by atoms with Crippen LogP contribution < -0.4 is 10.1 Å². The van der Waals surface area contributed by atoms with Gasteiger partial charge in [0.1, 0.15) is 24.0 Å². The van der Waals surface area contributed by atoms with E-state index in [0.717, 1.165) is 47.5 Å². The summed E-state index contributed by atoms with van der Waals surface area (Å²) in [6, 6.07) is 8.08. The topological polar surface area (TPSA) is 59.4 Å². The van der Waals surface area contributed by atoms with Crippen LogP contribution in [0.4, 0.5) is 14.5 Å². The number of hydrogen-bond donors (Lipinski definition) is 1. The van der Waals surface area contributed by atoms with Crippen molar-refractivity contribution in [2.75, 3.05) is 31.6 Å². The molecule has 1 aliphatic heterocycles. The molecule has 0 bridgehead atoms. The van der Waals surface area contributed by atoms with Crippen LogP contribution >= 0.6 is 15.9 Å². The van der Waals surface area contributed by atoms with Crippen LogP contribution in [0.25, 0.3) is 11.3 Å². The third-order valence-electron chi connectivity index (χ3n) is 5.43. The van der Waals surface area contributed by atoms with Crippen molar-refractivity contribution in [3.63, 3.8) is 0 Å². The van der Waals surface area contributed by atoms with Crippen LogP contribution in [0.15, 0.2) is 47.1 Å². The predicted molar refractivity (Wildman–Crippen MR) is 122 cm³/mol. The number of aryl methyl sites for hydroxylation is 1. The number of carbonyl (C=O) groups excluding carboxylic acids is 1. The molecule has 2 heterocycles. The monoisotopic (exact) mass is 504 g/mol. The molecule has 1 amide bonds. The van der Waals surface area contributed by atoms with Gasteiger partial charge in [-0.2, -0.15) is 5.10 Å². The van der Waals surface area contributed by atoms with Gasteiger partial charge in [0.25, 0.3) is 5.91 Å². The third-order valence-corrected chi connectivity index (χ3v) is 6.01. The van der Waals surface area contributed by atoms with Crippen LogP contribution in [0.5, 0.6) is 5.75 Å². The van der Waals surface area contributed by atoms with E-state index in [2.05, 4.69) is 31.2 Å². The second kappa shape index (κ2) is 9.79. The lowest BCUT2D eigenvalue weighted by molar-refractivity contribution is 0.102. The van der Waals surface area contributed by atoms with Gasteiger partial charge in [0.2, 0.25) is 0 Å². The molecule has 1 aromatic heterocycles. The maximum Gasteiger partial charge on any atom is 0.258 e. The Kier molecular flexibility index (Phi) is 6.86. The van der Waals surface area contributed by atoms with E-state index < -0.39 is 17.5 Å². The quantitative estimate of drug-likeness (QED) is 0.499. The number of rotatable bonds is 7. The average Bonchev–Trinajstić information content (AvgIpc) is 3.38. The summed E-state index contributed by atoms with van der Waals surface area (Å²) in [5.41, 5.74) is 1.73. The normalized spacial score (nSPS) is 14.0.